The molecule has 2 fully saturated rings. The van der Waals surface area contributed by atoms with E-state index in [0.29, 0.717) is 18.9 Å². The Labute approximate surface area is 134 Å². The van der Waals surface area contributed by atoms with Crippen LogP contribution in [-0.2, 0) is 4.74 Å². The van der Waals surface area contributed by atoms with Crippen LogP contribution in [0.15, 0.2) is 47.3 Å². The van der Waals surface area contributed by atoms with E-state index < -0.39 is 0 Å². The first kappa shape index (κ1) is 14.3. The van der Waals surface area contributed by atoms with Crippen LogP contribution in [0.4, 0.5) is 0 Å². The maximum absolute atomic E-state index is 12.6. The molecule has 1 saturated heterocycles. The number of hydrogen-bond acceptors (Lipinski definition) is 5. The molecule has 23 heavy (non-hydrogen) atoms. The molecular formula is C17H18N2O4. The smallest absolute Gasteiger partial charge is 0.289 e. The molecule has 2 aliphatic rings. The van der Waals surface area contributed by atoms with Crippen molar-refractivity contribution in [2.75, 3.05) is 13.2 Å². The Morgan fingerprint density at radius 1 is 1.30 bits per heavy atom. The summed E-state index contributed by atoms with van der Waals surface area (Å²) >= 11 is 0. The molecule has 0 unspecified atom stereocenters. The number of pyridine rings is 1. The first-order valence-corrected chi connectivity index (χ1v) is 7.86. The average Bonchev–Trinajstić information content (AvgIpc) is 3.25. The van der Waals surface area contributed by atoms with Gasteiger partial charge in [-0.3, -0.25) is 9.78 Å². The van der Waals surface area contributed by atoms with Crippen LogP contribution in [0.1, 0.15) is 23.4 Å². The van der Waals surface area contributed by atoms with Gasteiger partial charge in [-0.1, -0.05) is 0 Å². The van der Waals surface area contributed by atoms with Crippen molar-refractivity contribution in [3.63, 3.8) is 0 Å². The number of nitrogens with zero attached hydrogens (tertiary/aromatic N) is 2. The van der Waals surface area contributed by atoms with Gasteiger partial charge in [0.15, 0.2) is 5.76 Å². The predicted octanol–water partition coefficient (Wildman–Crippen LogP) is 2.13. The number of hydrogen-bond donors (Lipinski definition) is 0. The van der Waals surface area contributed by atoms with Gasteiger partial charge in [-0.2, -0.15) is 0 Å². The van der Waals surface area contributed by atoms with Gasteiger partial charge in [0.05, 0.1) is 25.1 Å². The van der Waals surface area contributed by atoms with Gasteiger partial charge in [0, 0.05) is 12.7 Å². The third kappa shape index (κ3) is 2.70. The van der Waals surface area contributed by atoms with E-state index in [4.69, 9.17) is 13.9 Å². The van der Waals surface area contributed by atoms with E-state index in [0.717, 1.165) is 18.6 Å². The minimum atomic E-state index is -0.108. The first-order chi connectivity index (χ1) is 11.3. The van der Waals surface area contributed by atoms with Crippen molar-refractivity contribution in [2.24, 2.45) is 0 Å². The molecule has 3 atom stereocenters. The summed E-state index contributed by atoms with van der Waals surface area (Å²) in [6, 6.07) is 7.19. The molecule has 6 nitrogen and oxygen atoms in total. The Hall–Kier alpha value is -2.34. The number of rotatable bonds is 3. The fraction of sp³-hybridized carbons (Fsp3) is 0.412. The largest absolute Gasteiger partial charge is 0.486 e. The van der Waals surface area contributed by atoms with E-state index in [1.54, 1.807) is 24.5 Å². The van der Waals surface area contributed by atoms with Crippen molar-refractivity contribution in [2.45, 2.75) is 31.1 Å². The Balaban J connectivity index is 1.49. The minimum Gasteiger partial charge on any atom is -0.486 e. The van der Waals surface area contributed by atoms with Gasteiger partial charge in [-0.05, 0) is 37.1 Å². The van der Waals surface area contributed by atoms with E-state index in [-0.39, 0.29) is 24.2 Å². The lowest BCUT2D eigenvalue weighted by Crippen LogP contribution is -2.54. The molecule has 4 rings (SSSR count). The summed E-state index contributed by atoms with van der Waals surface area (Å²) in [5.74, 6) is 1.04. The second-order valence-electron chi connectivity index (χ2n) is 5.80. The van der Waals surface area contributed by atoms with Crippen molar-refractivity contribution in [1.82, 2.24) is 9.88 Å². The summed E-state index contributed by atoms with van der Waals surface area (Å²) in [5, 5.41) is 0. The monoisotopic (exact) mass is 314 g/mol. The summed E-state index contributed by atoms with van der Waals surface area (Å²) < 4.78 is 17.2. The summed E-state index contributed by atoms with van der Waals surface area (Å²) in [4.78, 5) is 18.5. The third-order valence-electron chi connectivity index (χ3n) is 4.45. The zero-order chi connectivity index (χ0) is 15.6. The second-order valence-corrected chi connectivity index (χ2v) is 5.80. The average molecular weight is 314 g/mol. The number of morpholine rings is 1. The van der Waals surface area contributed by atoms with Crippen LogP contribution in [0.5, 0.6) is 5.75 Å². The van der Waals surface area contributed by atoms with Crippen molar-refractivity contribution < 1.29 is 18.7 Å². The van der Waals surface area contributed by atoms with Crippen LogP contribution in [0.2, 0.25) is 0 Å². The molecule has 0 N–H and O–H groups in total. The molecule has 1 amide bonds. The SMILES string of the molecule is O=C(c1ccco1)N1CCO[C@H]2[C@H](Oc3cccnc3)CC[C@@H]21. The van der Waals surface area contributed by atoms with Crippen LogP contribution in [0.3, 0.4) is 0 Å². The van der Waals surface area contributed by atoms with Crippen molar-refractivity contribution >= 4 is 5.91 Å². The summed E-state index contributed by atoms with van der Waals surface area (Å²) in [7, 11) is 0. The molecule has 1 saturated carbocycles. The van der Waals surface area contributed by atoms with Gasteiger partial charge in [0.25, 0.3) is 5.91 Å². The summed E-state index contributed by atoms with van der Waals surface area (Å²) in [6.45, 7) is 1.10. The molecule has 0 bridgehead atoms. The molecular weight excluding hydrogens is 296 g/mol. The Kier molecular flexibility index (Phi) is 3.75. The molecule has 120 valence electrons. The maximum Gasteiger partial charge on any atom is 0.289 e. The third-order valence-corrected chi connectivity index (χ3v) is 4.45. The molecule has 3 heterocycles. The van der Waals surface area contributed by atoms with Crippen LogP contribution < -0.4 is 4.74 Å². The van der Waals surface area contributed by atoms with E-state index in [2.05, 4.69) is 4.98 Å². The standard InChI is InChI=1S/C17H18N2O4/c20-17(15-4-2-9-21-15)19-8-10-22-16-13(19)5-6-14(16)23-12-3-1-7-18-11-12/h1-4,7,9,11,13-14,16H,5-6,8,10H2/t13-,14+,16+/m0/s1. The van der Waals surface area contributed by atoms with E-state index in [9.17, 15) is 4.79 Å². The molecule has 2 aromatic rings. The van der Waals surface area contributed by atoms with Crippen LogP contribution in [0, 0.1) is 0 Å². The Morgan fingerprint density at radius 3 is 3.04 bits per heavy atom. The van der Waals surface area contributed by atoms with Gasteiger partial charge in [-0.25, -0.2) is 0 Å². The number of ether oxygens (including phenoxy) is 2. The highest BCUT2D eigenvalue weighted by atomic mass is 16.5. The van der Waals surface area contributed by atoms with Crippen LogP contribution in [0.25, 0.3) is 0 Å². The first-order valence-electron chi connectivity index (χ1n) is 7.86. The molecule has 1 aliphatic heterocycles. The fourth-order valence-electron chi connectivity index (χ4n) is 3.43. The number of amides is 1. The number of carbonyl (C=O) groups excluding carboxylic acids is 1. The van der Waals surface area contributed by atoms with Crippen LogP contribution >= 0.6 is 0 Å². The molecule has 0 spiro atoms. The van der Waals surface area contributed by atoms with Crippen LogP contribution in [-0.4, -0.2) is 47.2 Å². The van der Waals surface area contributed by atoms with E-state index in [1.165, 1.54) is 6.26 Å². The number of carbonyl (C=O) groups is 1. The molecule has 2 aromatic heterocycles. The Morgan fingerprint density at radius 2 is 2.26 bits per heavy atom. The van der Waals surface area contributed by atoms with Crippen molar-refractivity contribution in [3.05, 3.63) is 48.7 Å². The topological polar surface area (TPSA) is 64.8 Å². The van der Waals surface area contributed by atoms with Gasteiger partial charge >= 0.3 is 0 Å². The minimum absolute atomic E-state index is 0.0306. The second kappa shape index (κ2) is 6.04. The maximum atomic E-state index is 12.6. The predicted molar refractivity (Wildman–Crippen MR) is 81.2 cm³/mol. The highest BCUT2D eigenvalue weighted by molar-refractivity contribution is 5.91. The highest BCUT2D eigenvalue weighted by Crippen LogP contribution is 2.33. The lowest BCUT2D eigenvalue weighted by Gasteiger charge is -2.38. The summed E-state index contributed by atoms with van der Waals surface area (Å²) in [5.41, 5.74) is 0. The van der Waals surface area contributed by atoms with E-state index >= 15 is 0 Å². The quantitative estimate of drug-likeness (QED) is 0.868. The van der Waals surface area contributed by atoms with Gasteiger partial charge in [0.1, 0.15) is 18.0 Å². The fourth-order valence-corrected chi connectivity index (χ4v) is 3.43. The molecule has 0 radical (unpaired) electrons. The zero-order valence-electron chi connectivity index (χ0n) is 12.6. The molecule has 6 heteroatoms. The Bertz CT molecular complexity index is 658. The van der Waals surface area contributed by atoms with Crippen molar-refractivity contribution in [3.8, 4) is 5.75 Å². The summed E-state index contributed by atoms with van der Waals surface area (Å²) in [6.07, 6.45) is 6.48. The lowest BCUT2D eigenvalue weighted by molar-refractivity contribution is -0.0792. The number of aromatic nitrogens is 1. The van der Waals surface area contributed by atoms with Gasteiger partial charge < -0.3 is 18.8 Å². The highest BCUT2D eigenvalue weighted by Gasteiger charge is 2.46. The van der Waals surface area contributed by atoms with Crippen molar-refractivity contribution in [1.29, 1.82) is 0 Å². The van der Waals surface area contributed by atoms with Gasteiger partial charge in [0.2, 0.25) is 0 Å². The number of furan rings is 1. The zero-order valence-corrected chi connectivity index (χ0v) is 12.6. The normalized spacial score (nSPS) is 26.8. The molecule has 1 aliphatic carbocycles. The van der Waals surface area contributed by atoms with Gasteiger partial charge in [-0.15, -0.1) is 0 Å². The lowest BCUT2D eigenvalue weighted by atomic mass is 10.1. The molecule has 0 aromatic carbocycles. The van der Waals surface area contributed by atoms with E-state index in [1.807, 2.05) is 17.0 Å². The number of fused-ring (bicyclic) bond motifs is 1.